The number of hydrogen-bond donors (Lipinski definition) is 1. The van der Waals surface area contributed by atoms with Crippen LogP contribution in [0, 0.1) is 13.8 Å². The number of aryl methyl sites for hydroxylation is 1. The molecule has 0 spiro atoms. The molecule has 0 fully saturated rings. The number of rotatable bonds is 4. The van der Waals surface area contributed by atoms with Crippen molar-refractivity contribution in [3.8, 4) is 17.1 Å². The van der Waals surface area contributed by atoms with Crippen LogP contribution >= 0.6 is 0 Å². The Morgan fingerprint density at radius 3 is 2.58 bits per heavy atom. The number of nitrogens with zero attached hydrogens (tertiary/aromatic N) is 2. The largest absolute Gasteiger partial charge is 0.493 e. The molecule has 0 aliphatic heterocycles. The van der Waals surface area contributed by atoms with E-state index >= 15 is 0 Å². The topological polar surface area (TPSA) is 47.0 Å². The van der Waals surface area contributed by atoms with E-state index in [1.165, 1.54) is 0 Å². The van der Waals surface area contributed by atoms with Crippen LogP contribution in [0.2, 0.25) is 0 Å². The van der Waals surface area contributed by atoms with Crippen LogP contribution in [0.4, 0.5) is 5.82 Å². The summed E-state index contributed by atoms with van der Waals surface area (Å²) in [6.45, 7) is 6.60. The fourth-order valence-corrected chi connectivity index (χ4v) is 1.93. The minimum absolute atomic E-state index is 0.626. The van der Waals surface area contributed by atoms with Gasteiger partial charge >= 0.3 is 0 Å². The maximum Gasteiger partial charge on any atom is 0.165 e. The molecule has 0 radical (unpaired) electrons. The summed E-state index contributed by atoms with van der Waals surface area (Å²) in [6.07, 6.45) is 0. The molecule has 4 nitrogen and oxygen atoms in total. The molecule has 0 atom stereocenters. The van der Waals surface area contributed by atoms with Crippen molar-refractivity contribution < 1.29 is 4.74 Å². The lowest BCUT2D eigenvalue weighted by Crippen LogP contribution is -2.04. The highest BCUT2D eigenvalue weighted by Crippen LogP contribution is 2.29. The average Bonchev–Trinajstić information content (AvgIpc) is 2.43. The van der Waals surface area contributed by atoms with Crippen LogP contribution in [0.25, 0.3) is 11.4 Å². The van der Waals surface area contributed by atoms with E-state index in [0.717, 1.165) is 28.4 Å². The molecular weight excluding hydrogens is 238 g/mol. The highest BCUT2D eigenvalue weighted by Gasteiger charge is 2.12. The molecule has 19 heavy (non-hydrogen) atoms. The van der Waals surface area contributed by atoms with Crippen LogP contribution < -0.4 is 10.1 Å². The number of nitrogens with one attached hydrogen (secondary N) is 1. The SMILES string of the molecule is CCOc1ccccc1-c1nc(C)c(C)c(NC)n1. The van der Waals surface area contributed by atoms with Crippen molar-refractivity contribution in [3.63, 3.8) is 0 Å². The summed E-state index contributed by atoms with van der Waals surface area (Å²) in [4.78, 5) is 9.13. The standard InChI is InChI=1S/C15H19N3O/c1-5-19-13-9-7-6-8-12(13)15-17-11(3)10(2)14(16-4)18-15/h6-9H,5H2,1-4H3,(H,16,17,18). The molecule has 0 aliphatic carbocycles. The molecule has 2 aromatic rings. The van der Waals surface area contributed by atoms with E-state index < -0.39 is 0 Å². The van der Waals surface area contributed by atoms with Gasteiger partial charge in [-0.1, -0.05) is 12.1 Å². The second-order valence-electron chi connectivity index (χ2n) is 4.29. The lowest BCUT2D eigenvalue weighted by Gasteiger charge is -2.12. The Morgan fingerprint density at radius 2 is 1.89 bits per heavy atom. The van der Waals surface area contributed by atoms with Gasteiger partial charge in [0.25, 0.3) is 0 Å². The van der Waals surface area contributed by atoms with Crippen molar-refractivity contribution in [2.75, 3.05) is 19.0 Å². The van der Waals surface area contributed by atoms with Gasteiger partial charge in [0.15, 0.2) is 5.82 Å². The predicted molar refractivity (Wildman–Crippen MR) is 77.7 cm³/mol. The first kappa shape index (κ1) is 13.3. The lowest BCUT2D eigenvalue weighted by atomic mass is 10.1. The lowest BCUT2D eigenvalue weighted by molar-refractivity contribution is 0.341. The van der Waals surface area contributed by atoms with E-state index in [1.807, 2.05) is 52.1 Å². The molecule has 0 amide bonds. The zero-order chi connectivity index (χ0) is 13.8. The van der Waals surface area contributed by atoms with Crippen molar-refractivity contribution in [2.45, 2.75) is 20.8 Å². The van der Waals surface area contributed by atoms with Crippen molar-refractivity contribution in [1.82, 2.24) is 9.97 Å². The number of hydrogen-bond acceptors (Lipinski definition) is 4. The molecule has 0 aliphatic rings. The molecule has 4 heteroatoms. The van der Waals surface area contributed by atoms with Crippen LogP contribution in [0.1, 0.15) is 18.2 Å². The molecule has 0 saturated carbocycles. The first-order valence-corrected chi connectivity index (χ1v) is 6.42. The van der Waals surface area contributed by atoms with Crippen LogP contribution in [0.5, 0.6) is 5.75 Å². The van der Waals surface area contributed by atoms with E-state index in [9.17, 15) is 0 Å². The third-order valence-corrected chi connectivity index (χ3v) is 3.05. The van der Waals surface area contributed by atoms with Gasteiger partial charge < -0.3 is 10.1 Å². The van der Waals surface area contributed by atoms with Crippen LogP contribution in [0.15, 0.2) is 24.3 Å². The Labute approximate surface area is 113 Å². The predicted octanol–water partition coefficient (Wildman–Crippen LogP) is 3.20. The summed E-state index contributed by atoms with van der Waals surface area (Å²) in [5.41, 5.74) is 2.96. The summed E-state index contributed by atoms with van der Waals surface area (Å²) < 4.78 is 5.63. The maximum atomic E-state index is 5.63. The Kier molecular flexibility index (Phi) is 4.00. The van der Waals surface area contributed by atoms with Gasteiger partial charge in [-0.15, -0.1) is 0 Å². The van der Waals surface area contributed by atoms with Gasteiger partial charge in [-0.2, -0.15) is 0 Å². The summed E-state index contributed by atoms with van der Waals surface area (Å²) in [5, 5.41) is 3.11. The van der Waals surface area contributed by atoms with Gasteiger partial charge in [0, 0.05) is 18.3 Å². The fraction of sp³-hybridized carbons (Fsp3) is 0.333. The van der Waals surface area contributed by atoms with Crippen molar-refractivity contribution in [2.24, 2.45) is 0 Å². The Bertz CT molecular complexity index is 582. The molecule has 0 unspecified atom stereocenters. The van der Waals surface area contributed by atoms with Gasteiger partial charge in [-0.3, -0.25) is 0 Å². The van der Waals surface area contributed by atoms with Gasteiger partial charge in [0.1, 0.15) is 11.6 Å². The van der Waals surface area contributed by atoms with Crippen LogP contribution in [-0.2, 0) is 0 Å². The van der Waals surface area contributed by atoms with E-state index in [2.05, 4.69) is 15.3 Å². The summed E-state index contributed by atoms with van der Waals surface area (Å²) in [5.74, 6) is 2.36. The maximum absolute atomic E-state index is 5.63. The molecule has 0 bridgehead atoms. The summed E-state index contributed by atoms with van der Waals surface area (Å²) in [6, 6.07) is 7.84. The quantitative estimate of drug-likeness (QED) is 0.913. The Hall–Kier alpha value is -2.10. The molecular formula is C15H19N3O. The van der Waals surface area contributed by atoms with Crippen molar-refractivity contribution in [3.05, 3.63) is 35.5 Å². The summed E-state index contributed by atoms with van der Waals surface area (Å²) >= 11 is 0. The van der Waals surface area contributed by atoms with E-state index in [1.54, 1.807) is 0 Å². The fourth-order valence-electron chi connectivity index (χ4n) is 1.93. The van der Waals surface area contributed by atoms with Gasteiger partial charge in [-0.25, -0.2) is 9.97 Å². The molecule has 1 aromatic heterocycles. The minimum atomic E-state index is 0.626. The average molecular weight is 257 g/mol. The first-order valence-electron chi connectivity index (χ1n) is 6.42. The molecule has 1 N–H and O–H groups in total. The second-order valence-corrected chi connectivity index (χ2v) is 4.29. The number of anilines is 1. The minimum Gasteiger partial charge on any atom is -0.493 e. The van der Waals surface area contributed by atoms with Crippen LogP contribution in [-0.4, -0.2) is 23.6 Å². The number of ether oxygens (including phenoxy) is 1. The molecule has 1 aromatic carbocycles. The van der Waals surface area contributed by atoms with Crippen LogP contribution in [0.3, 0.4) is 0 Å². The molecule has 2 rings (SSSR count). The van der Waals surface area contributed by atoms with Crippen molar-refractivity contribution in [1.29, 1.82) is 0 Å². The highest BCUT2D eigenvalue weighted by atomic mass is 16.5. The van der Waals surface area contributed by atoms with E-state index in [0.29, 0.717) is 12.4 Å². The van der Waals surface area contributed by atoms with Gasteiger partial charge in [0.05, 0.1) is 12.2 Å². The number of benzene rings is 1. The monoisotopic (exact) mass is 257 g/mol. The number of para-hydroxylation sites is 1. The van der Waals surface area contributed by atoms with Gasteiger partial charge in [0.2, 0.25) is 0 Å². The Balaban J connectivity index is 2.56. The molecule has 100 valence electrons. The third-order valence-electron chi connectivity index (χ3n) is 3.05. The number of aromatic nitrogens is 2. The Morgan fingerprint density at radius 1 is 1.16 bits per heavy atom. The van der Waals surface area contributed by atoms with Gasteiger partial charge in [-0.05, 0) is 32.9 Å². The van der Waals surface area contributed by atoms with E-state index in [4.69, 9.17) is 4.74 Å². The highest BCUT2D eigenvalue weighted by molar-refractivity contribution is 5.66. The first-order chi connectivity index (χ1) is 9.17. The van der Waals surface area contributed by atoms with Crippen molar-refractivity contribution >= 4 is 5.82 Å². The third kappa shape index (κ3) is 2.67. The normalized spacial score (nSPS) is 10.3. The smallest absolute Gasteiger partial charge is 0.165 e. The zero-order valence-electron chi connectivity index (χ0n) is 11.8. The summed E-state index contributed by atoms with van der Waals surface area (Å²) in [7, 11) is 1.87. The van der Waals surface area contributed by atoms with E-state index in [-0.39, 0.29) is 0 Å². The zero-order valence-corrected chi connectivity index (χ0v) is 11.8. The molecule has 1 heterocycles. The molecule has 0 saturated heterocycles. The second kappa shape index (κ2) is 5.69.